The molecule has 0 radical (unpaired) electrons. The van der Waals surface area contributed by atoms with E-state index in [1.165, 1.54) is 16.8 Å². The van der Waals surface area contributed by atoms with Gasteiger partial charge in [0.25, 0.3) is 0 Å². The minimum absolute atomic E-state index is 0. The van der Waals surface area contributed by atoms with Crippen LogP contribution in [0.1, 0.15) is 10.5 Å². The Labute approximate surface area is 89.8 Å². The topological polar surface area (TPSA) is 67.5 Å². The summed E-state index contributed by atoms with van der Waals surface area (Å²) in [4.78, 5) is 18.1. The molecule has 0 aromatic carbocycles. The number of fused-ring (bicyclic) bond motifs is 1. The van der Waals surface area contributed by atoms with E-state index in [4.69, 9.17) is 16.7 Å². The van der Waals surface area contributed by atoms with Crippen LogP contribution < -0.4 is 0 Å². The molecule has 2 aromatic heterocycles. The number of carbonyl (C=O) groups is 1. The van der Waals surface area contributed by atoms with Crippen LogP contribution in [-0.2, 0) is 0 Å². The molecule has 0 fully saturated rings. The number of rotatable bonds is 1. The van der Waals surface area contributed by atoms with E-state index in [0.717, 1.165) is 0 Å². The molecule has 74 valence electrons. The van der Waals surface area contributed by atoms with Gasteiger partial charge in [0, 0.05) is 12.4 Å². The molecule has 0 saturated carbocycles. The van der Waals surface area contributed by atoms with Gasteiger partial charge in [-0.25, -0.2) is 14.8 Å². The summed E-state index contributed by atoms with van der Waals surface area (Å²) in [5, 5.41) is 9.05. The quantitative estimate of drug-likeness (QED) is 0.811. The lowest BCUT2D eigenvalue weighted by molar-refractivity contribution is 0.0691. The van der Waals surface area contributed by atoms with Crippen molar-refractivity contribution >= 4 is 35.8 Å². The van der Waals surface area contributed by atoms with Gasteiger partial charge in [-0.1, -0.05) is 11.6 Å². The Morgan fingerprint density at radius 3 is 2.86 bits per heavy atom. The number of hydrogen-bond donors (Lipinski definition) is 1. The van der Waals surface area contributed by atoms with Gasteiger partial charge in [0.1, 0.15) is 0 Å². The average molecular weight is 234 g/mol. The predicted molar refractivity (Wildman–Crippen MR) is 52.2 cm³/mol. The molecule has 2 heterocycles. The molecule has 0 spiro atoms. The van der Waals surface area contributed by atoms with Crippen molar-refractivity contribution in [2.75, 3.05) is 0 Å². The van der Waals surface area contributed by atoms with Crippen molar-refractivity contribution in [1.82, 2.24) is 14.4 Å². The molecule has 2 aromatic rings. The fourth-order valence-corrected chi connectivity index (χ4v) is 1.12. The maximum absolute atomic E-state index is 10.5. The van der Waals surface area contributed by atoms with E-state index in [9.17, 15) is 4.79 Å². The van der Waals surface area contributed by atoms with Crippen molar-refractivity contribution < 1.29 is 9.90 Å². The number of carboxylic acid groups (broad SMARTS) is 1. The van der Waals surface area contributed by atoms with Crippen LogP contribution in [0.3, 0.4) is 0 Å². The van der Waals surface area contributed by atoms with Crippen LogP contribution in [0, 0.1) is 0 Å². The van der Waals surface area contributed by atoms with Gasteiger partial charge in [-0.3, -0.25) is 4.40 Å². The standard InChI is InChI=1S/C7H4ClN3O2.ClH/c8-4-1-9-7-10-5(6(12)13)3-11(7)2-4;/h1-3H,(H,12,13);1H. The van der Waals surface area contributed by atoms with Crippen LogP contribution in [0.2, 0.25) is 5.02 Å². The van der Waals surface area contributed by atoms with Gasteiger partial charge in [-0.05, 0) is 0 Å². The molecule has 0 amide bonds. The summed E-state index contributed by atoms with van der Waals surface area (Å²) in [6.45, 7) is 0. The maximum atomic E-state index is 10.5. The molecule has 5 nitrogen and oxygen atoms in total. The molecule has 1 N–H and O–H groups in total. The molecule has 0 atom stereocenters. The van der Waals surface area contributed by atoms with Gasteiger partial charge in [0.15, 0.2) is 5.69 Å². The first-order valence-corrected chi connectivity index (χ1v) is 3.78. The van der Waals surface area contributed by atoms with E-state index < -0.39 is 5.97 Å². The molecule has 0 aliphatic heterocycles. The Kier molecular flexibility index (Phi) is 2.93. The zero-order valence-electron chi connectivity index (χ0n) is 6.72. The second-order valence-electron chi connectivity index (χ2n) is 2.41. The lowest BCUT2D eigenvalue weighted by Crippen LogP contribution is -1.94. The molecule has 0 saturated heterocycles. The third-order valence-corrected chi connectivity index (χ3v) is 1.69. The third-order valence-electron chi connectivity index (χ3n) is 1.50. The number of imidazole rings is 1. The van der Waals surface area contributed by atoms with Gasteiger partial charge in [0.2, 0.25) is 5.78 Å². The van der Waals surface area contributed by atoms with Crippen LogP contribution in [0.5, 0.6) is 0 Å². The fraction of sp³-hybridized carbons (Fsp3) is 0. The van der Waals surface area contributed by atoms with E-state index in [1.807, 2.05) is 0 Å². The molecule has 0 aliphatic carbocycles. The monoisotopic (exact) mass is 233 g/mol. The summed E-state index contributed by atoms with van der Waals surface area (Å²) >= 11 is 5.65. The van der Waals surface area contributed by atoms with Crippen molar-refractivity contribution in [3.63, 3.8) is 0 Å². The SMILES string of the molecule is Cl.O=C(O)c1cn2cc(Cl)cnc2n1. The van der Waals surface area contributed by atoms with Crippen molar-refractivity contribution in [3.05, 3.63) is 29.3 Å². The first-order valence-electron chi connectivity index (χ1n) is 3.40. The third kappa shape index (κ3) is 1.78. The molecule has 0 aliphatic rings. The Bertz CT molecular complexity index is 483. The van der Waals surface area contributed by atoms with Gasteiger partial charge < -0.3 is 5.11 Å². The highest BCUT2D eigenvalue weighted by Gasteiger charge is 2.08. The average Bonchev–Trinajstić information content (AvgIpc) is 2.46. The Morgan fingerprint density at radius 2 is 2.21 bits per heavy atom. The van der Waals surface area contributed by atoms with Crippen molar-refractivity contribution in [1.29, 1.82) is 0 Å². The zero-order valence-corrected chi connectivity index (χ0v) is 8.29. The lowest BCUT2D eigenvalue weighted by atomic mass is 10.5. The van der Waals surface area contributed by atoms with Gasteiger partial charge in [-0.15, -0.1) is 12.4 Å². The Balaban J connectivity index is 0.000000980. The van der Waals surface area contributed by atoms with Crippen LogP contribution in [0.4, 0.5) is 0 Å². The van der Waals surface area contributed by atoms with Gasteiger partial charge >= 0.3 is 5.97 Å². The first-order chi connectivity index (χ1) is 6.16. The Hall–Kier alpha value is -1.33. The molecule has 2 rings (SSSR count). The minimum Gasteiger partial charge on any atom is -0.476 e. The molecule has 0 bridgehead atoms. The second-order valence-corrected chi connectivity index (χ2v) is 2.85. The van der Waals surface area contributed by atoms with Gasteiger partial charge in [-0.2, -0.15) is 0 Å². The number of aromatic nitrogens is 3. The largest absolute Gasteiger partial charge is 0.476 e. The number of halogens is 2. The Morgan fingerprint density at radius 1 is 1.50 bits per heavy atom. The van der Waals surface area contributed by atoms with Crippen molar-refractivity contribution in [2.24, 2.45) is 0 Å². The van der Waals surface area contributed by atoms with E-state index in [0.29, 0.717) is 10.8 Å². The number of aromatic carboxylic acids is 1. The number of carboxylic acids is 1. The van der Waals surface area contributed by atoms with E-state index >= 15 is 0 Å². The van der Waals surface area contributed by atoms with Crippen molar-refractivity contribution in [2.45, 2.75) is 0 Å². The van der Waals surface area contributed by atoms with Crippen LogP contribution in [0.25, 0.3) is 5.78 Å². The van der Waals surface area contributed by atoms with Crippen LogP contribution >= 0.6 is 24.0 Å². The van der Waals surface area contributed by atoms with E-state index in [1.54, 1.807) is 6.20 Å². The van der Waals surface area contributed by atoms with Crippen molar-refractivity contribution in [3.8, 4) is 0 Å². The maximum Gasteiger partial charge on any atom is 0.356 e. The fourth-order valence-electron chi connectivity index (χ4n) is 0.963. The lowest BCUT2D eigenvalue weighted by Gasteiger charge is -1.90. The summed E-state index contributed by atoms with van der Waals surface area (Å²) in [6.07, 6.45) is 4.31. The zero-order chi connectivity index (χ0) is 9.42. The van der Waals surface area contributed by atoms with E-state index in [-0.39, 0.29) is 18.1 Å². The smallest absolute Gasteiger partial charge is 0.356 e. The summed E-state index contributed by atoms with van der Waals surface area (Å²) in [5.74, 6) is -0.761. The normalized spacial score (nSPS) is 9.79. The highest BCUT2D eigenvalue weighted by Crippen LogP contribution is 2.08. The van der Waals surface area contributed by atoms with Crippen LogP contribution in [0.15, 0.2) is 18.6 Å². The van der Waals surface area contributed by atoms with Crippen LogP contribution in [-0.4, -0.2) is 25.4 Å². The summed E-state index contributed by atoms with van der Waals surface area (Å²) in [6, 6.07) is 0. The summed E-state index contributed by atoms with van der Waals surface area (Å²) in [5.41, 5.74) is -0.0465. The first kappa shape index (κ1) is 10.7. The molecular formula is C7H5Cl2N3O2. The predicted octanol–water partition coefficient (Wildman–Crippen LogP) is 1.50. The summed E-state index contributed by atoms with van der Waals surface area (Å²) in [7, 11) is 0. The molecule has 0 unspecified atom stereocenters. The van der Waals surface area contributed by atoms with E-state index in [2.05, 4.69) is 9.97 Å². The molecule has 14 heavy (non-hydrogen) atoms. The van der Waals surface area contributed by atoms with Gasteiger partial charge in [0.05, 0.1) is 11.2 Å². The minimum atomic E-state index is -1.08. The number of hydrogen-bond acceptors (Lipinski definition) is 3. The molecule has 7 heteroatoms. The number of nitrogens with zero attached hydrogens (tertiary/aromatic N) is 3. The highest BCUT2D eigenvalue weighted by molar-refractivity contribution is 6.30. The summed E-state index contributed by atoms with van der Waals surface area (Å²) < 4.78 is 1.46. The second kappa shape index (κ2) is 3.81. The highest BCUT2D eigenvalue weighted by atomic mass is 35.5. The molecular weight excluding hydrogens is 229 g/mol.